The zero-order valence-electron chi connectivity index (χ0n) is 10.4. The van der Waals surface area contributed by atoms with Crippen molar-refractivity contribution in [3.05, 3.63) is 0 Å². The molecule has 92 valence electrons. The maximum absolute atomic E-state index is 12.1. The second-order valence-corrected chi connectivity index (χ2v) is 5.24. The Hall–Kier alpha value is -0.770. The van der Waals surface area contributed by atoms with Crippen LogP contribution < -0.4 is 5.32 Å². The molecule has 2 amide bonds. The minimum absolute atomic E-state index is 0.146. The Kier molecular flexibility index (Phi) is 3.69. The molecule has 1 unspecified atom stereocenters. The number of likely N-dealkylation sites (N-methyl/N-ethyl adjacent to an activating group) is 1. The summed E-state index contributed by atoms with van der Waals surface area (Å²) >= 11 is 0. The Balaban J connectivity index is 1.87. The van der Waals surface area contributed by atoms with Gasteiger partial charge in [0, 0.05) is 25.2 Å². The number of hydrogen-bond donors (Lipinski definition) is 1. The molecule has 1 heterocycles. The van der Waals surface area contributed by atoms with E-state index in [9.17, 15) is 4.79 Å². The van der Waals surface area contributed by atoms with Crippen LogP contribution in [-0.2, 0) is 0 Å². The van der Waals surface area contributed by atoms with Gasteiger partial charge in [-0.05, 0) is 46.2 Å². The van der Waals surface area contributed by atoms with Crippen molar-refractivity contribution in [2.24, 2.45) is 0 Å². The van der Waals surface area contributed by atoms with Gasteiger partial charge in [-0.25, -0.2) is 4.79 Å². The van der Waals surface area contributed by atoms with Gasteiger partial charge in [0.1, 0.15) is 0 Å². The highest BCUT2D eigenvalue weighted by atomic mass is 16.2. The zero-order valence-corrected chi connectivity index (χ0v) is 10.4. The van der Waals surface area contributed by atoms with Crippen molar-refractivity contribution >= 4 is 6.03 Å². The quantitative estimate of drug-likeness (QED) is 0.729. The third kappa shape index (κ3) is 2.67. The summed E-state index contributed by atoms with van der Waals surface area (Å²) in [5.74, 6) is 0. The molecule has 0 radical (unpaired) electrons. The molecule has 0 aromatic heterocycles. The Bertz CT molecular complexity index is 253. The van der Waals surface area contributed by atoms with Crippen LogP contribution in [-0.4, -0.2) is 54.6 Å². The van der Waals surface area contributed by atoms with Crippen LogP contribution in [0.3, 0.4) is 0 Å². The van der Waals surface area contributed by atoms with E-state index in [0.29, 0.717) is 12.1 Å². The predicted molar refractivity (Wildman–Crippen MR) is 64.5 cm³/mol. The minimum Gasteiger partial charge on any atom is -0.335 e. The molecule has 2 rings (SSSR count). The Morgan fingerprint density at radius 2 is 2.00 bits per heavy atom. The first-order valence-corrected chi connectivity index (χ1v) is 6.42. The van der Waals surface area contributed by atoms with Crippen LogP contribution in [0.5, 0.6) is 0 Å². The molecule has 1 saturated carbocycles. The number of urea groups is 1. The second-order valence-electron chi connectivity index (χ2n) is 5.24. The molecular weight excluding hydrogens is 202 g/mol. The Morgan fingerprint density at radius 1 is 1.25 bits per heavy atom. The number of nitrogens with one attached hydrogen (secondary N) is 1. The first kappa shape index (κ1) is 11.7. The Morgan fingerprint density at radius 3 is 2.62 bits per heavy atom. The smallest absolute Gasteiger partial charge is 0.317 e. The molecule has 1 saturated heterocycles. The molecule has 1 aliphatic heterocycles. The molecule has 0 aromatic rings. The highest BCUT2D eigenvalue weighted by molar-refractivity contribution is 5.75. The third-order valence-corrected chi connectivity index (χ3v) is 3.74. The highest BCUT2D eigenvalue weighted by Crippen LogP contribution is 2.19. The van der Waals surface area contributed by atoms with Gasteiger partial charge in [0.2, 0.25) is 0 Å². The molecule has 0 bridgehead atoms. The van der Waals surface area contributed by atoms with Crippen LogP contribution in [0.4, 0.5) is 4.79 Å². The average Bonchev–Trinajstić information content (AvgIpc) is 2.32. The lowest BCUT2D eigenvalue weighted by molar-refractivity contribution is 0.168. The standard InChI is InChI=1S/C12H23N3O/c1-10-9-14(2)7-4-8-15(10)12(16)13-11-5-3-6-11/h10-11H,3-9H2,1-2H3,(H,13,16). The number of rotatable bonds is 1. The van der Waals surface area contributed by atoms with Crippen LogP contribution in [0.15, 0.2) is 0 Å². The number of amides is 2. The van der Waals surface area contributed by atoms with E-state index in [2.05, 4.69) is 24.2 Å². The van der Waals surface area contributed by atoms with Crippen LogP contribution in [0.25, 0.3) is 0 Å². The summed E-state index contributed by atoms with van der Waals surface area (Å²) in [7, 11) is 2.13. The van der Waals surface area contributed by atoms with Crippen molar-refractivity contribution in [1.82, 2.24) is 15.1 Å². The van der Waals surface area contributed by atoms with E-state index in [0.717, 1.165) is 38.9 Å². The molecule has 1 atom stereocenters. The van der Waals surface area contributed by atoms with Crippen LogP contribution in [0.2, 0.25) is 0 Å². The molecule has 16 heavy (non-hydrogen) atoms. The molecule has 0 spiro atoms. The largest absolute Gasteiger partial charge is 0.335 e. The monoisotopic (exact) mass is 225 g/mol. The van der Waals surface area contributed by atoms with Crippen LogP contribution >= 0.6 is 0 Å². The molecule has 4 nitrogen and oxygen atoms in total. The fourth-order valence-corrected chi connectivity index (χ4v) is 2.48. The Labute approximate surface area is 98.0 Å². The molecule has 1 N–H and O–H groups in total. The second kappa shape index (κ2) is 5.04. The summed E-state index contributed by atoms with van der Waals surface area (Å²) in [6.07, 6.45) is 4.67. The van der Waals surface area contributed by atoms with Crippen molar-refractivity contribution in [2.75, 3.05) is 26.7 Å². The SMILES string of the molecule is CC1CN(C)CCCN1C(=O)NC1CCC1. The molecular formula is C12H23N3O. The lowest BCUT2D eigenvalue weighted by Crippen LogP contribution is -2.51. The lowest BCUT2D eigenvalue weighted by atomic mass is 9.93. The van der Waals surface area contributed by atoms with Gasteiger partial charge >= 0.3 is 6.03 Å². The molecule has 1 aliphatic carbocycles. The topological polar surface area (TPSA) is 35.6 Å². The van der Waals surface area contributed by atoms with E-state index in [4.69, 9.17) is 0 Å². The van der Waals surface area contributed by atoms with E-state index < -0.39 is 0 Å². The summed E-state index contributed by atoms with van der Waals surface area (Å²) in [5.41, 5.74) is 0. The molecule has 0 aromatic carbocycles. The number of carbonyl (C=O) groups excluding carboxylic acids is 1. The number of carbonyl (C=O) groups is 1. The van der Waals surface area contributed by atoms with Crippen LogP contribution in [0, 0.1) is 0 Å². The first-order valence-electron chi connectivity index (χ1n) is 6.42. The van der Waals surface area contributed by atoms with E-state index in [1.807, 2.05) is 4.90 Å². The number of hydrogen-bond acceptors (Lipinski definition) is 2. The van der Waals surface area contributed by atoms with Gasteiger partial charge < -0.3 is 15.1 Å². The van der Waals surface area contributed by atoms with Gasteiger partial charge in [-0.1, -0.05) is 0 Å². The maximum atomic E-state index is 12.1. The van der Waals surface area contributed by atoms with Gasteiger partial charge in [-0.2, -0.15) is 0 Å². The molecule has 2 aliphatic rings. The van der Waals surface area contributed by atoms with Crippen molar-refractivity contribution in [3.8, 4) is 0 Å². The highest BCUT2D eigenvalue weighted by Gasteiger charge is 2.27. The van der Waals surface area contributed by atoms with Crippen molar-refractivity contribution < 1.29 is 4.79 Å². The summed E-state index contributed by atoms with van der Waals surface area (Å²) in [5, 5.41) is 3.13. The van der Waals surface area contributed by atoms with Gasteiger partial charge in [0.05, 0.1) is 0 Å². The first-order chi connectivity index (χ1) is 7.66. The predicted octanol–water partition coefficient (Wildman–Crippen LogP) is 1.27. The van der Waals surface area contributed by atoms with E-state index in [-0.39, 0.29) is 6.03 Å². The van der Waals surface area contributed by atoms with Gasteiger partial charge in [-0.3, -0.25) is 0 Å². The fraction of sp³-hybridized carbons (Fsp3) is 0.917. The summed E-state index contributed by atoms with van der Waals surface area (Å²) < 4.78 is 0. The fourth-order valence-electron chi connectivity index (χ4n) is 2.48. The minimum atomic E-state index is 0.146. The van der Waals surface area contributed by atoms with Crippen molar-refractivity contribution in [1.29, 1.82) is 0 Å². The van der Waals surface area contributed by atoms with Gasteiger partial charge in [0.25, 0.3) is 0 Å². The van der Waals surface area contributed by atoms with Gasteiger partial charge in [-0.15, -0.1) is 0 Å². The third-order valence-electron chi connectivity index (χ3n) is 3.74. The van der Waals surface area contributed by atoms with E-state index in [1.165, 1.54) is 6.42 Å². The lowest BCUT2D eigenvalue weighted by Gasteiger charge is -2.33. The maximum Gasteiger partial charge on any atom is 0.317 e. The van der Waals surface area contributed by atoms with E-state index in [1.54, 1.807) is 0 Å². The zero-order chi connectivity index (χ0) is 11.5. The summed E-state index contributed by atoms with van der Waals surface area (Å²) in [6.45, 7) is 5.11. The van der Waals surface area contributed by atoms with Gasteiger partial charge in [0.15, 0.2) is 0 Å². The van der Waals surface area contributed by atoms with Crippen molar-refractivity contribution in [2.45, 2.75) is 44.7 Å². The number of nitrogens with zero attached hydrogens (tertiary/aromatic N) is 2. The van der Waals surface area contributed by atoms with Crippen LogP contribution in [0.1, 0.15) is 32.6 Å². The summed E-state index contributed by atoms with van der Waals surface area (Å²) in [4.78, 5) is 16.4. The average molecular weight is 225 g/mol. The summed E-state index contributed by atoms with van der Waals surface area (Å²) in [6, 6.07) is 0.917. The van der Waals surface area contributed by atoms with Crippen molar-refractivity contribution in [3.63, 3.8) is 0 Å². The van der Waals surface area contributed by atoms with E-state index >= 15 is 0 Å². The normalized spacial score (nSPS) is 28.4. The molecule has 4 heteroatoms. The molecule has 2 fully saturated rings.